The summed E-state index contributed by atoms with van der Waals surface area (Å²) in [5, 5.41) is 2.99. The van der Waals surface area contributed by atoms with E-state index in [2.05, 4.69) is 5.32 Å². The van der Waals surface area contributed by atoms with Crippen molar-refractivity contribution in [1.29, 1.82) is 0 Å². The SMILES string of the molecule is CC[C@@H](C(=O)NC)N(Cc1ccccc1C)C(=O)CSCc1c(F)cccc1Cl. The van der Waals surface area contributed by atoms with E-state index >= 15 is 0 Å². The Labute approximate surface area is 180 Å². The molecule has 1 N–H and O–H groups in total. The van der Waals surface area contributed by atoms with Gasteiger partial charge in [0.1, 0.15) is 11.9 Å². The molecule has 0 aliphatic heterocycles. The zero-order chi connectivity index (χ0) is 21.4. The van der Waals surface area contributed by atoms with Crippen molar-refractivity contribution in [1.82, 2.24) is 10.2 Å². The van der Waals surface area contributed by atoms with Crippen molar-refractivity contribution in [2.45, 2.75) is 38.6 Å². The van der Waals surface area contributed by atoms with Crippen molar-refractivity contribution in [3.63, 3.8) is 0 Å². The van der Waals surface area contributed by atoms with Crippen LogP contribution >= 0.6 is 23.4 Å². The topological polar surface area (TPSA) is 49.4 Å². The molecule has 0 spiro atoms. The summed E-state index contributed by atoms with van der Waals surface area (Å²) in [6.07, 6.45) is 0.501. The maximum atomic E-state index is 14.0. The average Bonchev–Trinajstić information content (AvgIpc) is 2.71. The highest BCUT2D eigenvalue weighted by Crippen LogP contribution is 2.25. The maximum absolute atomic E-state index is 14.0. The van der Waals surface area contributed by atoms with Gasteiger partial charge >= 0.3 is 0 Å². The van der Waals surface area contributed by atoms with Gasteiger partial charge in [-0.2, -0.15) is 0 Å². The van der Waals surface area contributed by atoms with Gasteiger partial charge in [0.25, 0.3) is 0 Å². The number of halogens is 2. The molecule has 1 atom stereocenters. The molecule has 0 saturated carbocycles. The van der Waals surface area contributed by atoms with E-state index in [1.165, 1.54) is 17.8 Å². The number of likely N-dealkylation sites (N-methyl/N-ethyl adjacent to an activating group) is 1. The van der Waals surface area contributed by atoms with Gasteiger partial charge in [-0.1, -0.05) is 48.9 Å². The fourth-order valence-electron chi connectivity index (χ4n) is 3.05. The van der Waals surface area contributed by atoms with Crippen molar-refractivity contribution in [2.75, 3.05) is 12.8 Å². The number of hydrogen-bond acceptors (Lipinski definition) is 3. The quantitative estimate of drug-likeness (QED) is 0.626. The molecule has 2 amide bonds. The third kappa shape index (κ3) is 6.21. The van der Waals surface area contributed by atoms with Gasteiger partial charge in [0.05, 0.1) is 5.75 Å². The molecule has 0 bridgehead atoms. The van der Waals surface area contributed by atoms with Crippen LogP contribution in [-0.4, -0.2) is 35.6 Å². The summed E-state index contributed by atoms with van der Waals surface area (Å²) in [6.45, 7) is 4.20. The molecule has 0 fully saturated rings. The van der Waals surface area contributed by atoms with Gasteiger partial charge in [0.15, 0.2) is 0 Å². The summed E-state index contributed by atoms with van der Waals surface area (Å²) in [7, 11) is 1.57. The summed E-state index contributed by atoms with van der Waals surface area (Å²) >= 11 is 7.35. The second-order valence-corrected chi connectivity index (χ2v) is 8.07. The molecule has 7 heteroatoms. The van der Waals surface area contributed by atoms with E-state index in [0.29, 0.717) is 23.6 Å². The van der Waals surface area contributed by atoms with Crippen molar-refractivity contribution in [2.24, 2.45) is 0 Å². The molecule has 0 saturated heterocycles. The summed E-state index contributed by atoms with van der Waals surface area (Å²) in [5.41, 5.74) is 2.43. The molecule has 0 unspecified atom stereocenters. The number of nitrogens with zero attached hydrogens (tertiary/aromatic N) is 1. The van der Waals surface area contributed by atoms with E-state index in [1.807, 2.05) is 38.1 Å². The Kier molecular flexibility index (Phi) is 8.99. The number of hydrogen-bond donors (Lipinski definition) is 1. The van der Waals surface area contributed by atoms with Crippen molar-refractivity contribution in [3.8, 4) is 0 Å². The van der Waals surface area contributed by atoms with Crippen molar-refractivity contribution < 1.29 is 14.0 Å². The van der Waals surface area contributed by atoms with Crippen LogP contribution < -0.4 is 5.32 Å². The lowest BCUT2D eigenvalue weighted by Crippen LogP contribution is -2.48. The third-order valence-corrected chi connectivity index (χ3v) is 6.07. The van der Waals surface area contributed by atoms with Gasteiger partial charge in [-0.25, -0.2) is 4.39 Å². The molecule has 0 radical (unpaired) electrons. The highest BCUT2D eigenvalue weighted by molar-refractivity contribution is 7.99. The number of carbonyl (C=O) groups is 2. The first-order valence-corrected chi connectivity index (χ1v) is 11.0. The van der Waals surface area contributed by atoms with Gasteiger partial charge in [-0.05, 0) is 36.6 Å². The van der Waals surface area contributed by atoms with Crippen LogP contribution in [0.5, 0.6) is 0 Å². The lowest BCUT2D eigenvalue weighted by atomic mass is 10.1. The number of thioether (sulfide) groups is 1. The Morgan fingerprint density at radius 3 is 2.55 bits per heavy atom. The fraction of sp³-hybridized carbons (Fsp3) is 0.364. The molecule has 0 aliphatic rings. The summed E-state index contributed by atoms with van der Waals surface area (Å²) in [5.74, 6) is -0.334. The third-order valence-electron chi connectivity index (χ3n) is 4.77. The Morgan fingerprint density at radius 1 is 1.21 bits per heavy atom. The zero-order valence-corrected chi connectivity index (χ0v) is 18.4. The molecule has 0 aromatic heterocycles. The van der Waals surface area contributed by atoms with E-state index < -0.39 is 6.04 Å². The molecule has 2 aromatic rings. The number of rotatable bonds is 9. The van der Waals surface area contributed by atoms with Gasteiger partial charge < -0.3 is 10.2 Å². The lowest BCUT2D eigenvalue weighted by Gasteiger charge is -2.30. The van der Waals surface area contributed by atoms with Crippen LogP contribution in [0.1, 0.15) is 30.0 Å². The molecular weight excluding hydrogens is 411 g/mol. The highest BCUT2D eigenvalue weighted by Gasteiger charge is 2.28. The number of nitrogens with one attached hydrogen (secondary N) is 1. The fourth-order valence-corrected chi connectivity index (χ4v) is 4.30. The number of amides is 2. The predicted molar refractivity (Wildman–Crippen MR) is 117 cm³/mol. The maximum Gasteiger partial charge on any atom is 0.242 e. The Morgan fingerprint density at radius 2 is 1.93 bits per heavy atom. The number of aryl methyl sites for hydroxylation is 1. The summed E-state index contributed by atoms with van der Waals surface area (Å²) < 4.78 is 14.0. The molecule has 0 aliphatic carbocycles. The number of benzene rings is 2. The van der Waals surface area contributed by atoms with Crippen LogP contribution in [0.15, 0.2) is 42.5 Å². The van der Waals surface area contributed by atoms with Gasteiger partial charge in [-0.15, -0.1) is 11.8 Å². The van der Waals surface area contributed by atoms with Gasteiger partial charge in [0, 0.05) is 29.9 Å². The molecule has 2 aromatic carbocycles. The summed E-state index contributed by atoms with van der Waals surface area (Å²) in [4.78, 5) is 27.0. The largest absolute Gasteiger partial charge is 0.357 e. The molecule has 156 valence electrons. The van der Waals surface area contributed by atoms with Crippen LogP contribution in [0.2, 0.25) is 5.02 Å². The van der Waals surface area contributed by atoms with E-state index in [1.54, 1.807) is 24.1 Å². The second-order valence-electron chi connectivity index (χ2n) is 6.68. The molecule has 0 heterocycles. The Bertz CT molecular complexity index is 842. The van der Waals surface area contributed by atoms with Crippen LogP contribution in [0.4, 0.5) is 4.39 Å². The zero-order valence-electron chi connectivity index (χ0n) is 16.9. The molecular formula is C22H26ClFN2O2S. The van der Waals surface area contributed by atoms with E-state index in [4.69, 9.17) is 11.6 Å². The Hall–Kier alpha value is -2.05. The van der Waals surface area contributed by atoms with Crippen LogP contribution in [0, 0.1) is 12.7 Å². The van der Waals surface area contributed by atoms with Crippen LogP contribution in [0.3, 0.4) is 0 Å². The highest BCUT2D eigenvalue weighted by atomic mass is 35.5. The first-order valence-electron chi connectivity index (χ1n) is 9.45. The van der Waals surface area contributed by atoms with Gasteiger partial charge in [0.2, 0.25) is 11.8 Å². The van der Waals surface area contributed by atoms with Crippen molar-refractivity contribution in [3.05, 3.63) is 70.0 Å². The Balaban J connectivity index is 2.15. The molecule has 29 heavy (non-hydrogen) atoms. The molecule has 4 nitrogen and oxygen atoms in total. The minimum Gasteiger partial charge on any atom is -0.357 e. The average molecular weight is 437 g/mol. The van der Waals surface area contributed by atoms with E-state index in [9.17, 15) is 14.0 Å². The standard InChI is InChI=1S/C22H26ClFN2O2S/c1-4-20(22(28)25-3)26(12-16-9-6-5-8-15(16)2)21(27)14-29-13-17-18(23)10-7-11-19(17)24/h5-11,20H,4,12-14H2,1-3H3,(H,25,28)/t20-/m0/s1. The minimum absolute atomic E-state index is 0.129. The smallest absolute Gasteiger partial charge is 0.242 e. The van der Waals surface area contributed by atoms with Crippen LogP contribution in [-0.2, 0) is 21.9 Å². The van der Waals surface area contributed by atoms with Crippen LogP contribution in [0.25, 0.3) is 0 Å². The lowest BCUT2D eigenvalue weighted by molar-refractivity contribution is -0.139. The minimum atomic E-state index is -0.565. The van der Waals surface area contributed by atoms with Crippen molar-refractivity contribution >= 4 is 35.2 Å². The monoisotopic (exact) mass is 436 g/mol. The van der Waals surface area contributed by atoms with E-state index in [0.717, 1.165) is 11.1 Å². The second kappa shape index (κ2) is 11.2. The predicted octanol–water partition coefficient (Wildman–Crippen LogP) is 4.57. The summed E-state index contributed by atoms with van der Waals surface area (Å²) in [6, 6.07) is 11.8. The first-order chi connectivity index (χ1) is 13.9. The number of carbonyl (C=O) groups excluding carboxylic acids is 2. The molecule has 2 rings (SSSR count). The normalized spacial score (nSPS) is 11.8. The van der Waals surface area contributed by atoms with E-state index in [-0.39, 0.29) is 29.1 Å². The first kappa shape index (κ1) is 23.2. The van der Waals surface area contributed by atoms with Gasteiger partial charge in [-0.3, -0.25) is 9.59 Å².